The van der Waals surface area contributed by atoms with Crippen molar-refractivity contribution < 1.29 is 24.2 Å². The molecule has 1 atom stereocenters. The van der Waals surface area contributed by atoms with Crippen LogP contribution in [0, 0.1) is 0 Å². The first-order valence-corrected chi connectivity index (χ1v) is 11.6. The van der Waals surface area contributed by atoms with E-state index in [-0.39, 0.29) is 25.5 Å². The molecule has 1 fully saturated rings. The van der Waals surface area contributed by atoms with Gasteiger partial charge in [0.05, 0.1) is 5.54 Å². The molecule has 8 nitrogen and oxygen atoms in total. The lowest BCUT2D eigenvalue weighted by molar-refractivity contribution is -0.142. The number of alkyl carbamates (subject to hydrolysis) is 1. The molecule has 0 radical (unpaired) electrons. The van der Waals surface area contributed by atoms with E-state index in [1.807, 2.05) is 24.3 Å². The van der Waals surface area contributed by atoms with Gasteiger partial charge in [0.2, 0.25) is 5.91 Å². The molecule has 180 valence electrons. The zero-order valence-electron chi connectivity index (χ0n) is 19.5. The summed E-state index contributed by atoms with van der Waals surface area (Å²) >= 11 is 0. The molecule has 2 aliphatic carbocycles. The summed E-state index contributed by atoms with van der Waals surface area (Å²) in [6.07, 6.45) is 1.65. The first-order valence-electron chi connectivity index (χ1n) is 11.6. The lowest BCUT2D eigenvalue weighted by atomic mass is 9.74. The zero-order valence-corrected chi connectivity index (χ0v) is 19.5. The van der Waals surface area contributed by atoms with Crippen LogP contribution in [0.15, 0.2) is 48.5 Å². The summed E-state index contributed by atoms with van der Waals surface area (Å²) in [5, 5.41) is 14.8. The van der Waals surface area contributed by atoms with Crippen LogP contribution in [0.1, 0.15) is 42.7 Å². The predicted octanol–water partition coefficient (Wildman–Crippen LogP) is 2.97. The number of hydrogen-bond acceptors (Lipinski definition) is 5. The zero-order chi connectivity index (χ0) is 24.3. The first-order chi connectivity index (χ1) is 16.3. The lowest BCUT2D eigenvalue weighted by Gasteiger charge is -2.41. The minimum atomic E-state index is -1.09. The SMILES string of the molecule is CN(C)CC(NC(=O)CC1(NC(=O)OCC2c3ccccc3-c3ccccc32)CCC1)C(=O)O. The fourth-order valence-corrected chi connectivity index (χ4v) is 4.90. The van der Waals surface area contributed by atoms with Crippen LogP contribution in [0.2, 0.25) is 0 Å². The predicted molar refractivity (Wildman–Crippen MR) is 128 cm³/mol. The molecule has 0 heterocycles. The molecule has 3 N–H and O–H groups in total. The number of ether oxygens (including phenoxy) is 1. The van der Waals surface area contributed by atoms with E-state index in [4.69, 9.17) is 4.74 Å². The summed E-state index contributed by atoms with van der Waals surface area (Å²) in [5.74, 6) is -1.52. The molecule has 0 spiro atoms. The molecular weight excluding hydrogens is 434 g/mol. The smallest absolute Gasteiger partial charge is 0.407 e. The van der Waals surface area contributed by atoms with E-state index in [0.717, 1.165) is 28.7 Å². The van der Waals surface area contributed by atoms with Gasteiger partial charge in [-0.3, -0.25) is 4.79 Å². The van der Waals surface area contributed by atoms with E-state index < -0.39 is 29.6 Å². The van der Waals surface area contributed by atoms with Crippen molar-refractivity contribution in [3.8, 4) is 11.1 Å². The van der Waals surface area contributed by atoms with Crippen LogP contribution in [0.5, 0.6) is 0 Å². The van der Waals surface area contributed by atoms with E-state index >= 15 is 0 Å². The van der Waals surface area contributed by atoms with Gasteiger partial charge in [-0.05, 0) is 55.6 Å². The first kappa shape index (κ1) is 23.8. The molecule has 0 aromatic heterocycles. The Morgan fingerprint density at radius 1 is 1.06 bits per heavy atom. The Hall–Kier alpha value is -3.39. The van der Waals surface area contributed by atoms with Gasteiger partial charge < -0.3 is 25.4 Å². The summed E-state index contributed by atoms with van der Waals surface area (Å²) in [6, 6.07) is 15.3. The Bertz CT molecular complexity index is 1030. The molecule has 8 heteroatoms. The van der Waals surface area contributed by atoms with Crippen molar-refractivity contribution >= 4 is 18.0 Å². The molecule has 1 unspecified atom stereocenters. The number of carboxylic acids is 1. The highest BCUT2D eigenvalue weighted by Gasteiger charge is 2.41. The van der Waals surface area contributed by atoms with Gasteiger partial charge >= 0.3 is 12.1 Å². The Labute approximate surface area is 199 Å². The van der Waals surface area contributed by atoms with Crippen molar-refractivity contribution in [1.82, 2.24) is 15.5 Å². The fraction of sp³-hybridized carbons (Fsp3) is 0.423. The normalized spacial score (nSPS) is 16.7. The number of nitrogens with zero attached hydrogens (tertiary/aromatic N) is 1. The maximum absolute atomic E-state index is 12.7. The van der Waals surface area contributed by atoms with E-state index in [2.05, 4.69) is 34.9 Å². The van der Waals surface area contributed by atoms with Gasteiger partial charge in [-0.15, -0.1) is 0 Å². The van der Waals surface area contributed by atoms with Gasteiger partial charge in [-0.25, -0.2) is 9.59 Å². The van der Waals surface area contributed by atoms with Crippen molar-refractivity contribution in [3.05, 3.63) is 59.7 Å². The number of carbonyl (C=O) groups is 3. The number of fused-ring (bicyclic) bond motifs is 3. The van der Waals surface area contributed by atoms with Crippen molar-refractivity contribution in [2.24, 2.45) is 0 Å². The molecule has 2 aromatic carbocycles. The van der Waals surface area contributed by atoms with Gasteiger partial charge in [0.1, 0.15) is 12.6 Å². The molecule has 2 aliphatic rings. The molecule has 0 bridgehead atoms. The lowest BCUT2D eigenvalue weighted by Crippen LogP contribution is -2.57. The molecule has 2 amide bonds. The summed E-state index contributed by atoms with van der Waals surface area (Å²) in [7, 11) is 3.49. The summed E-state index contributed by atoms with van der Waals surface area (Å²) in [4.78, 5) is 38.5. The fourth-order valence-electron chi connectivity index (χ4n) is 4.90. The quantitative estimate of drug-likeness (QED) is 0.526. The Balaban J connectivity index is 1.36. The largest absolute Gasteiger partial charge is 0.480 e. The minimum Gasteiger partial charge on any atom is -0.480 e. The van der Waals surface area contributed by atoms with Crippen LogP contribution in [-0.2, 0) is 14.3 Å². The summed E-state index contributed by atoms with van der Waals surface area (Å²) in [5.41, 5.74) is 3.88. The molecule has 1 saturated carbocycles. The van der Waals surface area contributed by atoms with Crippen molar-refractivity contribution in [2.45, 2.75) is 43.2 Å². The number of likely N-dealkylation sites (N-methyl/N-ethyl adjacent to an activating group) is 1. The summed E-state index contributed by atoms with van der Waals surface area (Å²) in [6.45, 7) is 0.389. The molecule has 0 saturated heterocycles. The monoisotopic (exact) mass is 465 g/mol. The summed E-state index contributed by atoms with van der Waals surface area (Å²) < 4.78 is 5.64. The minimum absolute atomic E-state index is 0.0222. The number of rotatable bonds is 9. The Morgan fingerprint density at radius 2 is 1.65 bits per heavy atom. The van der Waals surface area contributed by atoms with Crippen molar-refractivity contribution in [2.75, 3.05) is 27.2 Å². The third kappa shape index (κ3) is 5.07. The number of amides is 2. The number of aliphatic carboxylic acids is 1. The highest BCUT2D eigenvalue weighted by molar-refractivity contribution is 5.85. The number of benzene rings is 2. The molecule has 34 heavy (non-hydrogen) atoms. The van der Waals surface area contributed by atoms with E-state index in [1.165, 1.54) is 0 Å². The van der Waals surface area contributed by atoms with Crippen LogP contribution in [0.25, 0.3) is 11.1 Å². The van der Waals surface area contributed by atoms with Gasteiger partial charge in [-0.2, -0.15) is 0 Å². The Morgan fingerprint density at radius 3 is 2.15 bits per heavy atom. The second kappa shape index (κ2) is 9.85. The van der Waals surface area contributed by atoms with Crippen LogP contribution in [-0.4, -0.2) is 66.8 Å². The second-order valence-corrected chi connectivity index (χ2v) is 9.48. The highest BCUT2D eigenvalue weighted by Crippen LogP contribution is 2.44. The van der Waals surface area contributed by atoms with Crippen molar-refractivity contribution in [1.29, 1.82) is 0 Å². The number of hydrogen-bond donors (Lipinski definition) is 3. The topological polar surface area (TPSA) is 108 Å². The Kier molecular flexibility index (Phi) is 6.88. The van der Waals surface area contributed by atoms with Gasteiger partial charge in [0.15, 0.2) is 0 Å². The van der Waals surface area contributed by atoms with Gasteiger partial charge in [0, 0.05) is 18.9 Å². The standard InChI is InChI=1S/C26H31N3O5/c1-29(2)15-22(24(31)32)27-23(30)14-26(12-7-13-26)28-25(33)34-16-21-19-10-5-3-8-17(19)18-9-4-6-11-20(18)21/h3-6,8-11,21-22H,7,12-16H2,1-2H3,(H,27,30)(H,28,33)(H,31,32). The van der Waals surface area contributed by atoms with E-state index in [1.54, 1.807) is 19.0 Å². The van der Waals surface area contributed by atoms with E-state index in [9.17, 15) is 19.5 Å². The second-order valence-electron chi connectivity index (χ2n) is 9.48. The third-order valence-corrected chi connectivity index (χ3v) is 6.70. The molecule has 2 aromatic rings. The molecule has 4 rings (SSSR count). The van der Waals surface area contributed by atoms with Crippen LogP contribution < -0.4 is 10.6 Å². The van der Waals surface area contributed by atoms with Crippen LogP contribution in [0.3, 0.4) is 0 Å². The molecule has 0 aliphatic heterocycles. The third-order valence-electron chi connectivity index (χ3n) is 6.70. The highest BCUT2D eigenvalue weighted by atomic mass is 16.5. The number of nitrogens with one attached hydrogen (secondary N) is 2. The maximum atomic E-state index is 12.7. The van der Waals surface area contributed by atoms with Crippen molar-refractivity contribution in [3.63, 3.8) is 0 Å². The van der Waals surface area contributed by atoms with Crippen LogP contribution in [0.4, 0.5) is 4.79 Å². The maximum Gasteiger partial charge on any atom is 0.407 e. The molecular formula is C26H31N3O5. The van der Waals surface area contributed by atoms with Crippen LogP contribution >= 0.6 is 0 Å². The van der Waals surface area contributed by atoms with E-state index in [0.29, 0.717) is 12.8 Å². The average Bonchev–Trinajstić information content (AvgIpc) is 3.09. The number of carbonyl (C=O) groups excluding carboxylic acids is 2. The van der Waals surface area contributed by atoms with Gasteiger partial charge in [-0.1, -0.05) is 48.5 Å². The average molecular weight is 466 g/mol. The van der Waals surface area contributed by atoms with Gasteiger partial charge in [0.25, 0.3) is 0 Å². The number of carboxylic acid groups (broad SMARTS) is 1.